The molecule has 1 unspecified atom stereocenters. The van der Waals surface area contributed by atoms with Crippen LogP contribution in [0.25, 0.3) is 0 Å². The van der Waals surface area contributed by atoms with E-state index in [1.54, 1.807) is 13.2 Å². The molecule has 1 aromatic carbocycles. The third-order valence-corrected chi connectivity index (χ3v) is 5.50. The molecule has 1 N–H and O–H groups in total. The molecule has 0 saturated heterocycles. The van der Waals surface area contributed by atoms with Crippen molar-refractivity contribution in [2.24, 2.45) is 0 Å². The third kappa shape index (κ3) is 2.88. The number of benzene rings is 1. The standard InChI is InChI=1S/C15H19NO3S/c1-19-15-4-2-11(3-5-15)12-8-14(9-12)16-13-6-7-20(17,18)10-13/h2-7,12-14,16H,8-10H2,1H3. The van der Waals surface area contributed by atoms with E-state index in [0.29, 0.717) is 12.0 Å². The molecule has 0 radical (unpaired) electrons. The van der Waals surface area contributed by atoms with Crippen molar-refractivity contribution in [2.45, 2.75) is 30.8 Å². The summed E-state index contributed by atoms with van der Waals surface area (Å²) < 4.78 is 27.8. The summed E-state index contributed by atoms with van der Waals surface area (Å²) in [6.07, 6.45) is 3.89. The lowest BCUT2D eigenvalue weighted by Crippen LogP contribution is -2.45. The van der Waals surface area contributed by atoms with Gasteiger partial charge in [-0.25, -0.2) is 8.42 Å². The number of methoxy groups -OCH3 is 1. The van der Waals surface area contributed by atoms with Crippen LogP contribution in [0.5, 0.6) is 5.75 Å². The molecule has 5 heteroatoms. The van der Waals surface area contributed by atoms with Gasteiger partial charge in [-0.1, -0.05) is 18.2 Å². The predicted molar refractivity (Wildman–Crippen MR) is 78.6 cm³/mol. The molecular formula is C15H19NO3S. The van der Waals surface area contributed by atoms with Gasteiger partial charge in [0.1, 0.15) is 5.75 Å². The van der Waals surface area contributed by atoms with Crippen molar-refractivity contribution in [3.05, 3.63) is 41.3 Å². The van der Waals surface area contributed by atoms with Crippen LogP contribution in [0.3, 0.4) is 0 Å². The fourth-order valence-corrected chi connectivity index (χ4v) is 4.13. The van der Waals surface area contributed by atoms with Crippen molar-refractivity contribution in [1.82, 2.24) is 5.32 Å². The monoisotopic (exact) mass is 293 g/mol. The topological polar surface area (TPSA) is 55.4 Å². The van der Waals surface area contributed by atoms with Crippen molar-refractivity contribution in [1.29, 1.82) is 0 Å². The Hall–Kier alpha value is -1.33. The first-order valence-electron chi connectivity index (χ1n) is 6.87. The van der Waals surface area contributed by atoms with Crippen LogP contribution >= 0.6 is 0 Å². The average molecular weight is 293 g/mol. The zero-order chi connectivity index (χ0) is 14.2. The predicted octanol–water partition coefficient (Wildman–Crippen LogP) is 1.84. The summed E-state index contributed by atoms with van der Waals surface area (Å²) in [5.41, 5.74) is 1.33. The Morgan fingerprint density at radius 1 is 1.20 bits per heavy atom. The number of hydrogen-bond acceptors (Lipinski definition) is 4. The average Bonchev–Trinajstić information content (AvgIpc) is 2.73. The highest BCUT2D eigenvalue weighted by atomic mass is 32.2. The summed E-state index contributed by atoms with van der Waals surface area (Å²) in [6.45, 7) is 0. The zero-order valence-corrected chi connectivity index (χ0v) is 12.3. The summed E-state index contributed by atoms with van der Waals surface area (Å²) in [7, 11) is -1.29. The largest absolute Gasteiger partial charge is 0.497 e. The molecule has 20 heavy (non-hydrogen) atoms. The molecule has 1 atom stereocenters. The maximum Gasteiger partial charge on any atom is 0.173 e. The summed E-state index contributed by atoms with van der Waals surface area (Å²) in [5.74, 6) is 1.65. The van der Waals surface area contributed by atoms with E-state index in [0.717, 1.165) is 18.6 Å². The molecule has 1 fully saturated rings. The second-order valence-corrected chi connectivity index (χ2v) is 7.50. The van der Waals surface area contributed by atoms with Crippen LogP contribution in [0, 0.1) is 0 Å². The fraction of sp³-hybridized carbons (Fsp3) is 0.467. The van der Waals surface area contributed by atoms with Gasteiger partial charge in [0.15, 0.2) is 9.84 Å². The summed E-state index contributed by atoms with van der Waals surface area (Å²) in [4.78, 5) is 0. The highest BCUT2D eigenvalue weighted by Gasteiger charge is 2.33. The fourth-order valence-electron chi connectivity index (χ4n) is 2.88. The highest BCUT2D eigenvalue weighted by Crippen LogP contribution is 2.37. The molecule has 1 aliphatic heterocycles. The minimum Gasteiger partial charge on any atom is -0.497 e. The smallest absolute Gasteiger partial charge is 0.173 e. The van der Waals surface area contributed by atoms with Gasteiger partial charge < -0.3 is 10.1 Å². The molecule has 0 amide bonds. The van der Waals surface area contributed by atoms with Crippen LogP contribution in [0.2, 0.25) is 0 Å². The Kier molecular flexibility index (Phi) is 3.56. The SMILES string of the molecule is COc1ccc(C2CC(NC3C=CS(=O)(=O)C3)C2)cc1. The van der Waals surface area contributed by atoms with Gasteiger partial charge in [-0.3, -0.25) is 0 Å². The lowest BCUT2D eigenvalue weighted by Gasteiger charge is -2.37. The number of ether oxygens (including phenoxy) is 1. The number of rotatable bonds is 4. The molecule has 3 rings (SSSR count). The minimum atomic E-state index is -2.96. The molecular weight excluding hydrogens is 274 g/mol. The molecule has 0 aromatic heterocycles. The number of nitrogens with one attached hydrogen (secondary N) is 1. The molecule has 0 bridgehead atoms. The lowest BCUT2D eigenvalue weighted by molar-refractivity contribution is 0.283. The maximum absolute atomic E-state index is 11.3. The van der Waals surface area contributed by atoms with Crippen LogP contribution in [0.1, 0.15) is 24.3 Å². The van der Waals surface area contributed by atoms with Crippen molar-refractivity contribution in [3.63, 3.8) is 0 Å². The summed E-state index contributed by atoms with van der Waals surface area (Å²) in [5, 5.41) is 4.73. The first-order chi connectivity index (χ1) is 9.55. The normalized spacial score (nSPS) is 30.9. The Morgan fingerprint density at radius 3 is 2.45 bits per heavy atom. The number of sulfone groups is 1. The summed E-state index contributed by atoms with van der Waals surface area (Å²) in [6, 6.07) is 8.61. The first kappa shape index (κ1) is 13.6. The molecule has 1 saturated carbocycles. The van der Waals surface area contributed by atoms with E-state index in [2.05, 4.69) is 17.4 Å². The van der Waals surface area contributed by atoms with Gasteiger partial charge in [0.25, 0.3) is 0 Å². The van der Waals surface area contributed by atoms with E-state index >= 15 is 0 Å². The van der Waals surface area contributed by atoms with Crippen LogP contribution in [0.15, 0.2) is 35.7 Å². The van der Waals surface area contributed by atoms with Gasteiger partial charge in [0, 0.05) is 17.5 Å². The van der Waals surface area contributed by atoms with Crippen LogP contribution in [0.4, 0.5) is 0 Å². The van der Waals surface area contributed by atoms with Crippen molar-refractivity contribution in [2.75, 3.05) is 12.9 Å². The quantitative estimate of drug-likeness (QED) is 0.920. The molecule has 2 aliphatic rings. The molecule has 1 aromatic rings. The second kappa shape index (κ2) is 5.22. The van der Waals surface area contributed by atoms with Crippen LogP contribution in [-0.2, 0) is 9.84 Å². The number of hydrogen-bond donors (Lipinski definition) is 1. The Bertz CT molecular complexity index is 601. The maximum atomic E-state index is 11.3. The van der Waals surface area contributed by atoms with E-state index in [-0.39, 0.29) is 11.8 Å². The van der Waals surface area contributed by atoms with E-state index in [1.807, 2.05) is 12.1 Å². The van der Waals surface area contributed by atoms with E-state index in [4.69, 9.17) is 4.74 Å². The van der Waals surface area contributed by atoms with Gasteiger partial charge in [0.05, 0.1) is 12.9 Å². The Labute approximate surface area is 119 Å². The minimum absolute atomic E-state index is 0.0122. The Balaban J connectivity index is 1.50. The van der Waals surface area contributed by atoms with Gasteiger partial charge >= 0.3 is 0 Å². The van der Waals surface area contributed by atoms with Crippen molar-refractivity contribution < 1.29 is 13.2 Å². The van der Waals surface area contributed by atoms with Crippen molar-refractivity contribution >= 4 is 9.84 Å². The van der Waals surface area contributed by atoms with Crippen molar-refractivity contribution in [3.8, 4) is 5.75 Å². The Morgan fingerprint density at radius 2 is 1.90 bits per heavy atom. The van der Waals surface area contributed by atoms with E-state index in [9.17, 15) is 8.42 Å². The molecule has 1 heterocycles. The summed E-state index contributed by atoms with van der Waals surface area (Å²) >= 11 is 0. The zero-order valence-electron chi connectivity index (χ0n) is 11.5. The van der Waals surface area contributed by atoms with Crippen LogP contribution in [-0.4, -0.2) is 33.4 Å². The van der Waals surface area contributed by atoms with Gasteiger partial charge in [-0.05, 0) is 36.5 Å². The van der Waals surface area contributed by atoms with Gasteiger partial charge in [0.2, 0.25) is 0 Å². The molecule has 4 nitrogen and oxygen atoms in total. The van der Waals surface area contributed by atoms with Gasteiger partial charge in [-0.2, -0.15) is 0 Å². The van der Waals surface area contributed by atoms with E-state index < -0.39 is 9.84 Å². The van der Waals surface area contributed by atoms with Gasteiger partial charge in [-0.15, -0.1) is 0 Å². The van der Waals surface area contributed by atoms with E-state index in [1.165, 1.54) is 11.0 Å². The van der Waals surface area contributed by atoms with Crippen LogP contribution < -0.4 is 10.1 Å². The molecule has 1 aliphatic carbocycles. The highest BCUT2D eigenvalue weighted by molar-refractivity contribution is 7.94. The molecule has 0 spiro atoms. The third-order valence-electron chi connectivity index (χ3n) is 4.11. The first-order valence-corrected chi connectivity index (χ1v) is 8.58. The lowest BCUT2D eigenvalue weighted by atomic mass is 9.75. The second-order valence-electron chi connectivity index (χ2n) is 5.57. The molecule has 108 valence electrons.